The molecule has 4 nitrogen and oxygen atoms in total. The van der Waals surface area contributed by atoms with Crippen molar-refractivity contribution in [2.45, 2.75) is 52.2 Å². The topological polar surface area (TPSA) is 24.3 Å². The molecule has 0 saturated carbocycles. The monoisotopic (exact) mass is 316 g/mol. The van der Waals surface area contributed by atoms with Gasteiger partial charge in [-0.15, -0.1) is 0 Å². The van der Waals surface area contributed by atoms with Crippen molar-refractivity contribution in [3.8, 4) is 0 Å². The highest BCUT2D eigenvalue weighted by molar-refractivity contribution is 5.82. The Morgan fingerprint density at radius 2 is 1.87 bits per heavy atom. The summed E-state index contributed by atoms with van der Waals surface area (Å²) in [6.07, 6.45) is 5.66. The van der Waals surface area contributed by atoms with Crippen LogP contribution in [0.25, 0.3) is 11.0 Å². The number of aromatic nitrogens is 2. The first-order valence-electron chi connectivity index (χ1n) is 8.81. The smallest absolute Gasteiger partial charge is 0.155 e. The van der Waals surface area contributed by atoms with Gasteiger partial charge in [0.15, 0.2) is 5.82 Å². The number of hydrogen-bond acceptors (Lipinski definition) is 3. The van der Waals surface area contributed by atoms with E-state index in [1.165, 1.54) is 19.3 Å². The molecule has 2 aliphatic rings. The third-order valence-corrected chi connectivity index (χ3v) is 5.34. The predicted octanol–water partition coefficient (Wildman–Crippen LogP) is 3.39. The first kappa shape index (κ1) is 14.9. The van der Waals surface area contributed by atoms with Crippen molar-refractivity contribution < 1.29 is 4.39 Å². The fourth-order valence-electron chi connectivity index (χ4n) is 3.89. The normalized spacial score (nSPS) is 19.6. The van der Waals surface area contributed by atoms with Gasteiger partial charge < -0.3 is 9.47 Å². The van der Waals surface area contributed by atoms with Gasteiger partial charge >= 0.3 is 0 Å². The fourth-order valence-corrected chi connectivity index (χ4v) is 3.89. The van der Waals surface area contributed by atoms with Crippen LogP contribution in [0, 0.1) is 5.82 Å². The van der Waals surface area contributed by atoms with Gasteiger partial charge in [0.1, 0.15) is 5.65 Å². The largest absolute Gasteiger partial charge is 0.370 e. The highest BCUT2D eigenvalue weighted by Gasteiger charge is 2.26. The van der Waals surface area contributed by atoms with Gasteiger partial charge in [0.05, 0.1) is 23.0 Å². The number of piperidine rings is 1. The second kappa shape index (κ2) is 5.78. The van der Waals surface area contributed by atoms with Crippen molar-refractivity contribution in [2.24, 2.45) is 0 Å². The van der Waals surface area contributed by atoms with Gasteiger partial charge in [0.2, 0.25) is 0 Å². The van der Waals surface area contributed by atoms with Crippen molar-refractivity contribution in [2.75, 3.05) is 24.5 Å². The highest BCUT2D eigenvalue weighted by Crippen LogP contribution is 2.31. The molecular formula is C18H25FN4. The minimum absolute atomic E-state index is 0.0725. The van der Waals surface area contributed by atoms with Crippen LogP contribution in [0.4, 0.5) is 10.1 Å². The lowest BCUT2D eigenvalue weighted by Gasteiger charge is -2.31. The zero-order valence-corrected chi connectivity index (χ0v) is 14.1. The molecule has 0 unspecified atom stereocenters. The Bertz CT molecular complexity index is 715. The highest BCUT2D eigenvalue weighted by atomic mass is 19.1. The van der Waals surface area contributed by atoms with Crippen molar-refractivity contribution >= 4 is 16.7 Å². The Balaban J connectivity index is 1.74. The van der Waals surface area contributed by atoms with E-state index in [1.807, 2.05) is 12.3 Å². The van der Waals surface area contributed by atoms with Gasteiger partial charge in [-0.05, 0) is 39.2 Å². The molecule has 1 saturated heterocycles. The van der Waals surface area contributed by atoms with Gasteiger partial charge in [-0.25, -0.2) is 9.37 Å². The van der Waals surface area contributed by atoms with E-state index in [9.17, 15) is 4.39 Å². The second-order valence-electron chi connectivity index (χ2n) is 7.09. The number of nitrogens with zero attached hydrogens (tertiary/aromatic N) is 4. The van der Waals surface area contributed by atoms with Gasteiger partial charge in [0, 0.05) is 38.8 Å². The first-order chi connectivity index (χ1) is 11.1. The average Bonchev–Trinajstić information content (AvgIpc) is 2.87. The third-order valence-electron chi connectivity index (χ3n) is 5.34. The minimum Gasteiger partial charge on any atom is -0.370 e. The SMILES string of the molecule is CC(C)N1CCn2c(c(F)c3cc(N4CCCCC4)cnc32)C1. The molecule has 0 radical (unpaired) electrons. The molecule has 5 heteroatoms. The van der Waals surface area contributed by atoms with Gasteiger partial charge in [-0.2, -0.15) is 0 Å². The summed E-state index contributed by atoms with van der Waals surface area (Å²) in [5.41, 5.74) is 2.67. The van der Waals surface area contributed by atoms with Gasteiger partial charge in [0.25, 0.3) is 0 Å². The van der Waals surface area contributed by atoms with Gasteiger partial charge in [-0.1, -0.05) is 0 Å². The minimum atomic E-state index is -0.0725. The maximum absolute atomic E-state index is 15.0. The van der Waals surface area contributed by atoms with Crippen LogP contribution in [0.5, 0.6) is 0 Å². The summed E-state index contributed by atoms with van der Waals surface area (Å²) in [5, 5.41) is 0.689. The Morgan fingerprint density at radius 3 is 2.61 bits per heavy atom. The van der Waals surface area contributed by atoms with Crippen LogP contribution >= 0.6 is 0 Å². The Kier molecular flexibility index (Phi) is 3.76. The molecule has 4 heterocycles. The molecule has 0 aliphatic carbocycles. The third kappa shape index (κ3) is 2.51. The summed E-state index contributed by atoms with van der Waals surface area (Å²) in [6.45, 7) is 8.92. The number of hydrogen-bond donors (Lipinski definition) is 0. The summed E-state index contributed by atoms with van der Waals surface area (Å²) >= 11 is 0. The van der Waals surface area contributed by atoms with E-state index in [0.717, 1.165) is 43.2 Å². The lowest BCUT2D eigenvalue weighted by atomic mass is 10.1. The number of anilines is 1. The molecule has 0 spiro atoms. The van der Waals surface area contributed by atoms with Gasteiger partial charge in [-0.3, -0.25) is 4.90 Å². The van der Waals surface area contributed by atoms with Crippen LogP contribution in [-0.2, 0) is 13.1 Å². The van der Waals surface area contributed by atoms with Crippen LogP contribution in [0.15, 0.2) is 12.3 Å². The average molecular weight is 316 g/mol. The van der Waals surface area contributed by atoms with Crippen molar-refractivity contribution in [3.63, 3.8) is 0 Å². The molecule has 0 aromatic carbocycles. The standard InChI is InChI=1S/C18H25FN4/c1-13(2)22-8-9-23-16(12-22)17(19)15-10-14(11-20-18(15)23)21-6-4-3-5-7-21/h10-11,13H,3-9,12H2,1-2H3. The molecule has 2 aromatic rings. The lowest BCUT2D eigenvalue weighted by Crippen LogP contribution is -2.38. The van der Waals surface area contributed by atoms with E-state index in [1.54, 1.807) is 0 Å². The van der Waals surface area contributed by atoms with E-state index in [-0.39, 0.29) is 5.82 Å². The number of halogens is 1. The zero-order chi connectivity index (χ0) is 16.0. The summed E-state index contributed by atoms with van der Waals surface area (Å²) in [6, 6.07) is 2.45. The Hall–Kier alpha value is -1.62. The van der Waals surface area contributed by atoms with Crippen molar-refractivity contribution in [1.82, 2.24) is 14.5 Å². The quantitative estimate of drug-likeness (QED) is 0.849. The molecule has 23 heavy (non-hydrogen) atoms. The van der Waals surface area contributed by atoms with Crippen LogP contribution in [0.2, 0.25) is 0 Å². The molecule has 124 valence electrons. The van der Waals surface area contributed by atoms with E-state index in [0.29, 0.717) is 18.0 Å². The Labute approximate surface area is 136 Å². The first-order valence-corrected chi connectivity index (χ1v) is 8.81. The molecule has 4 rings (SSSR count). The van der Waals surface area contributed by atoms with Crippen molar-refractivity contribution in [3.05, 3.63) is 23.8 Å². The summed E-state index contributed by atoms with van der Waals surface area (Å²) in [5.74, 6) is -0.0725. The van der Waals surface area contributed by atoms with E-state index < -0.39 is 0 Å². The van der Waals surface area contributed by atoms with E-state index >= 15 is 0 Å². The molecule has 2 aromatic heterocycles. The number of rotatable bonds is 2. The summed E-state index contributed by atoms with van der Waals surface area (Å²) < 4.78 is 17.1. The van der Waals surface area contributed by atoms with Crippen LogP contribution < -0.4 is 4.90 Å². The summed E-state index contributed by atoms with van der Waals surface area (Å²) in [4.78, 5) is 9.29. The Morgan fingerprint density at radius 1 is 1.09 bits per heavy atom. The van der Waals surface area contributed by atoms with E-state index in [4.69, 9.17) is 0 Å². The van der Waals surface area contributed by atoms with Crippen molar-refractivity contribution in [1.29, 1.82) is 0 Å². The van der Waals surface area contributed by atoms with E-state index in [2.05, 4.69) is 33.2 Å². The maximum atomic E-state index is 15.0. The lowest BCUT2D eigenvalue weighted by molar-refractivity contribution is 0.175. The molecule has 2 aliphatic heterocycles. The molecular weight excluding hydrogens is 291 g/mol. The summed E-state index contributed by atoms with van der Waals surface area (Å²) in [7, 11) is 0. The van der Waals surface area contributed by atoms with Crippen LogP contribution in [0.3, 0.4) is 0 Å². The number of fused-ring (bicyclic) bond motifs is 3. The second-order valence-corrected chi connectivity index (χ2v) is 7.09. The predicted molar refractivity (Wildman–Crippen MR) is 91.3 cm³/mol. The molecule has 0 amide bonds. The zero-order valence-electron chi connectivity index (χ0n) is 14.1. The van der Waals surface area contributed by atoms with Crippen LogP contribution in [-0.4, -0.2) is 40.1 Å². The fraction of sp³-hybridized carbons (Fsp3) is 0.611. The number of pyridine rings is 1. The molecule has 0 bridgehead atoms. The van der Waals surface area contributed by atoms with Crippen LogP contribution in [0.1, 0.15) is 38.8 Å². The maximum Gasteiger partial charge on any atom is 0.155 e. The molecule has 0 N–H and O–H groups in total. The molecule has 1 fully saturated rings. The molecule has 0 atom stereocenters.